The topological polar surface area (TPSA) is 859 Å². The number of aliphatic hydroxyl groups excluding tert-OH is 4. The van der Waals surface area contributed by atoms with Gasteiger partial charge in [-0.05, 0) is 76.7 Å². The van der Waals surface area contributed by atoms with E-state index >= 15 is 4.39 Å². The third kappa shape index (κ3) is 26.7. The molecule has 0 bridgehead atoms. The molecule has 62 heteroatoms. The third-order valence-corrected chi connectivity index (χ3v) is 20.1. The van der Waals surface area contributed by atoms with Crippen molar-refractivity contribution >= 4 is 64.9 Å². The number of unbranched alkanes of at least 4 members (excludes halogenated alkanes) is 4. The van der Waals surface area contributed by atoms with Crippen molar-refractivity contribution in [2.75, 3.05) is 61.7 Å². The molecule has 21 atom stereocenters. The molecule has 16 N–H and O–H groups in total. The molecule has 0 saturated carbocycles. The van der Waals surface area contributed by atoms with Crippen LogP contribution in [0.25, 0.3) is 52.2 Å². The molecule has 10 rings (SSSR count). The number of nitrogen functional groups attached to an aromatic ring is 5. The zero-order valence-corrected chi connectivity index (χ0v) is 73.4. The van der Waals surface area contributed by atoms with Gasteiger partial charge in [0.05, 0.1) is 25.0 Å². The van der Waals surface area contributed by atoms with Crippen molar-refractivity contribution < 1.29 is 123 Å². The number of carbonyl (C=O) groups is 6. The van der Waals surface area contributed by atoms with Crippen LogP contribution in [0.2, 0.25) is 0 Å². The van der Waals surface area contributed by atoms with Gasteiger partial charge >= 0.3 is 64.3 Å². The number of anilines is 5. The standard InChI is InChI=1S/C21H31FN6O6.C14H20FN7O5.2C13H17FN6O5.C12H15FN6O5/c1-3-5-7-9-15(29)32-13-21(26-27-24)18(33-16(30)10-8-6-4-2)17(22)19(34-21)28-12-11-14(23)25-20(28)31;1-6(2)9(17)12(24)26-5-14(20-21-18)10(23)8(15)11(27-14)22-4-3-7(16)19-13(22)25;1-6(2)11(22)24-5-13(18-19-16)9(21)8(14)10(25-13)20-4-3-7(15)17-12(20)23;1-6(2)11(22)24-9-8(14)10(25-13(9,5-21)18-19-16)20-4-3-7(15)17-12(20)23;1-2-7(21)23-9-8(13)10(24-12(9,5-20)17-18-15)19-4-3-6(14)16-11(19)22/h11-12,17-19H,3-10,13H2,1-2H3,(H2,23,25,31);3-4,6,8-11,23H,5,17H2,1-2H3,(H2,16,19,25);2*3-4,6,8-10,21H,5H2,1-2H3,(H2,15,17,23);3-4,8-10,20H,2,5H2,1H3,(H2,14,16,22)/t17-,18+,19-,21-;8-,9?,10+,11-,14-;2*8-,9+,10-,13-;8-,9+,10-,12-/m11111/s1. The minimum atomic E-state index is -2.29. The molecular formula is C73H100F5N31O26. The maximum atomic E-state index is 15.6. The zero-order valence-electron chi connectivity index (χ0n) is 73.4. The van der Waals surface area contributed by atoms with Gasteiger partial charge in [0.25, 0.3) is 0 Å². The van der Waals surface area contributed by atoms with Gasteiger partial charge in [-0.15, -0.1) is 0 Å². The Morgan fingerprint density at radius 1 is 0.415 bits per heavy atom. The SMILES string of the molecule is CC(C)C(=O)OC[C@@]1(N=[N+]=[N-])O[C@@H](n2ccc(N)nc2=O)[C@H](F)[C@@H]1O.CC(C)C(=O)O[C@H]1[C@@H](F)[C@H](n2ccc(N)nc2=O)O[C@@]1(CO)N=[N+]=[N-].CC(C)C(N)C(=O)OC[C@@]1(N=[N+]=[N-])O[C@@H](n2ccc(N)nc2=O)[C@H](F)[C@@H]1O.CCC(=O)O[C@H]1[C@@H](F)[C@H](n2ccc(N)nc2=O)O[C@@]1(CO)N=[N+]=[N-].CCCCCC(=O)OC[C@@]1(N=[N+]=[N-])O[C@@H](n2ccc(N)nc2=O)[C@H](F)[C@@H]1OC(=O)CCCCC. The molecule has 0 spiro atoms. The lowest BCUT2D eigenvalue weighted by molar-refractivity contribution is -0.177. The predicted octanol–water partition coefficient (Wildman–Crippen LogP) is 3.43. The average Bonchev–Trinajstić information content (AvgIpc) is 1.60. The van der Waals surface area contributed by atoms with Crippen LogP contribution in [0.4, 0.5) is 51.0 Å². The predicted molar refractivity (Wildman–Crippen MR) is 449 cm³/mol. The molecule has 5 aromatic heterocycles. The lowest BCUT2D eigenvalue weighted by atomic mass is 10.1. The molecule has 135 heavy (non-hydrogen) atoms. The first kappa shape index (κ1) is 110. The number of esters is 6. The maximum absolute atomic E-state index is 15.6. The Kier molecular flexibility index (Phi) is 40.0. The number of hydrogen-bond acceptors (Lipinski definition) is 42. The Morgan fingerprint density at radius 2 is 0.689 bits per heavy atom. The average molecular weight is 1920 g/mol. The van der Waals surface area contributed by atoms with Gasteiger partial charge in [-0.3, -0.25) is 51.6 Å². The number of carbonyl (C=O) groups excluding carboxylic acids is 6. The number of halogens is 5. The van der Waals surface area contributed by atoms with Crippen LogP contribution in [0, 0.1) is 17.8 Å². The molecule has 5 aliphatic rings. The van der Waals surface area contributed by atoms with E-state index in [2.05, 4.69) is 75.0 Å². The molecular weight excluding hydrogens is 1820 g/mol. The van der Waals surface area contributed by atoms with E-state index in [4.69, 9.17) is 114 Å². The molecule has 5 saturated heterocycles. The smallest absolute Gasteiger partial charge is 0.351 e. The van der Waals surface area contributed by atoms with Crippen molar-refractivity contribution in [1.29, 1.82) is 0 Å². The second-order valence-electron chi connectivity index (χ2n) is 30.8. The second-order valence-corrected chi connectivity index (χ2v) is 30.8. The molecule has 738 valence electrons. The summed E-state index contributed by atoms with van der Waals surface area (Å²) in [5, 5.41) is 56.1. The first-order chi connectivity index (χ1) is 63.7. The lowest BCUT2D eigenvalue weighted by Crippen LogP contribution is -2.47. The third-order valence-electron chi connectivity index (χ3n) is 20.1. The number of aromatic nitrogens is 10. The molecule has 0 aliphatic carbocycles. The van der Waals surface area contributed by atoms with Crippen LogP contribution >= 0.6 is 0 Å². The molecule has 0 aromatic carbocycles. The monoisotopic (exact) mass is 1920 g/mol. The van der Waals surface area contributed by atoms with Crippen LogP contribution in [0.1, 0.15) is 151 Å². The first-order valence-electron chi connectivity index (χ1n) is 40.8. The van der Waals surface area contributed by atoms with E-state index in [1.807, 2.05) is 13.8 Å². The molecule has 5 aliphatic heterocycles. The van der Waals surface area contributed by atoms with E-state index in [1.54, 1.807) is 27.7 Å². The van der Waals surface area contributed by atoms with E-state index < -0.39 is 236 Å². The fourth-order valence-electron chi connectivity index (χ4n) is 12.7. The van der Waals surface area contributed by atoms with Crippen molar-refractivity contribution in [3.63, 3.8) is 0 Å². The van der Waals surface area contributed by atoms with Crippen molar-refractivity contribution in [3.05, 3.63) is 166 Å². The summed E-state index contributed by atoms with van der Waals surface area (Å²) in [5.41, 5.74) is 60.9. The maximum Gasteiger partial charge on any atom is 0.351 e. The molecule has 5 aromatic rings. The number of alkyl halides is 5. The van der Waals surface area contributed by atoms with Crippen LogP contribution in [-0.4, -0.2) is 233 Å². The minimum absolute atomic E-state index is 0.00819. The van der Waals surface area contributed by atoms with Gasteiger partial charge in [0.2, 0.25) is 28.6 Å². The number of rotatable bonds is 34. The van der Waals surface area contributed by atoms with E-state index in [-0.39, 0.29) is 54.3 Å². The number of nitrogens with two attached hydrogens (primary N) is 6. The Morgan fingerprint density at radius 3 is 0.993 bits per heavy atom. The van der Waals surface area contributed by atoms with Crippen LogP contribution < -0.4 is 62.9 Å². The van der Waals surface area contributed by atoms with E-state index in [0.29, 0.717) is 12.8 Å². The van der Waals surface area contributed by atoms with Gasteiger partial charge in [0.1, 0.15) is 67.2 Å². The fourth-order valence-corrected chi connectivity index (χ4v) is 12.7. The fraction of sp³-hybridized carbons (Fsp3) is 0.644. The number of ether oxygens (including phenoxy) is 11. The quantitative estimate of drug-likeness (QED) is 0.00536. The summed E-state index contributed by atoms with van der Waals surface area (Å²) >= 11 is 0. The van der Waals surface area contributed by atoms with E-state index in [9.17, 15) is 90.7 Å². The molecule has 1 unspecified atom stereocenters. The number of aliphatic hydroxyl groups is 4. The van der Waals surface area contributed by atoms with E-state index in [1.165, 1.54) is 51.1 Å². The normalized spacial score (nSPS) is 27.5. The van der Waals surface area contributed by atoms with Crippen LogP contribution in [0.15, 0.2) is 111 Å². The van der Waals surface area contributed by atoms with Crippen LogP contribution in [-0.2, 0) is 80.9 Å². The van der Waals surface area contributed by atoms with E-state index in [0.717, 1.165) is 79.5 Å². The molecule has 10 heterocycles. The Hall–Kier alpha value is -14.0. The molecule has 57 nitrogen and oxygen atoms in total. The van der Waals surface area contributed by atoms with Crippen molar-refractivity contribution in [2.24, 2.45) is 49.1 Å². The lowest BCUT2D eigenvalue weighted by Gasteiger charge is -2.28. The summed E-state index contributed by atoms with van der Waals surface area (Å²) in [5.74, 6) is -6.20. The Bertz CT molecular complexity index is 5550. The summed E-state index contributed by atoms with van der Waals surface area (Å²) in [6.07, 6.45) is -18.0. The van der Waals surface area contributed by atoms with Gasteiger partial charge in [0, 0.05) is 74.8 Å². The Labute approximate surface area is 757 Å². The largest absolute Gasteiger partial charge is 0.462 e. The zero-order chi connectivity index (χ0) is 101. The number of azide groups is 5. The van der Waals surface area contributed by atoms with Crippen molar-refractivity contribution in [2.45, 2.75) is 247 Å². The summed E-state index contributed by atoms with van der Waals surface area (Å²) in [6.45, 7) is 10.8. The highest BCUT2D eigenvalue weighted by atomic mass is 19.2. The van der Waals surface area contributed by atoms with Gasteiger partial charge in [-0.25, -0.2) is 45.9 Å². The summed E-state index contributed by atoms with van der Waals surface area (Å²) in [7, 11) is 0. The summed E-state index contributed by atoms with van der Waals surface area (Å²) < 4.78 is 136. The minimum Gasteiger partial charge on any atom is -0.462 e. The van der Waals surface area contributed by atoms with Gasteiger partial charge in [-0.1, -0.05) is 114 Å². The first-order valence-corrected chi connectivity index (χ1v) is 40.8. The van der Waals surface area contributed by atoms with Gasteiger partial charge < -0.3 is 107 Å². The highest BCUT2D eigenvalue weighted by molar-refractivity contribution is 5.76. The summed E-state index contributed by atoms with van der Waals surface area (Å²) in [6, 6.07) is 5.20. The van der Waals surface area contributed by atoms with Crippen molar-refractivity contribution in [1.82, 2.24) is 47.8 Å². The van der Waals surface area contributed by atoms with Gasteiger partial charge in [-0.2, -0.15) is 24.9 Å². The number of hydrogen-bond donors (Lipinski definition) is 10. The molecule has 0 amide bonds. The van der Waals surface area contributed by atoms with Crippen LogP contribution in [0.3, 0.4) is 0 Å². The highest BCUT2D eigenvalue weighted by Crippen LogP contribution is 2.47. The second kappa shape index (κ2) is 49.1. The summed E-state index contributed by atoms with van der Waals surface area (Å²) in [4.78, 5) is 161. The van der Waals surface area contributed by atoms with Gasteiger partial charge in [0.15, 0.2) is 80.3 Å². The highest BCUT2D eigenvalue weighted by Gasteiger charge is 2.64. The number of nitrogens with zero attached hydrogens (tertiary/aromatic N) is 25. The van der Waals surface area contributed by atoms with Crippen LogP contribution in [0.5, 0.6) is 0 Å². The Balaban J connectivity index is 0.000000261. The molecule has 0 radical (unpaired) electrons. The molecule has 5 fully saturated rings. The van der Waals surface area contributed by atoms with Crippen molar-refractivity contribution in [3.8, 4) is 0 Å².